The zero-order valence-corrected chi connectivity index (χ0v) is 8.74. The van der Waals surface area contributed by atoms with E-state index in [1.165, 1.54) is 18.2 Å². The molecule has 0 bridgehead atoms. The summed E-state index contributed by atoms with van der Waals surface area (Å²) < 4.78 is 51.9. The molecule has 18 heavy (non-hydrogen) atoms. The van der Waals surface area contributed by atoms with Crippen LogP contribution in [0.4, 0.5) is 17.6 Å². The van der Waals surface area contributed by atoms with Gasteiger partial charge >= 0.3 is 6.18 Å². The minimum absolute atomic E-state index is 0.0937. The third-order valence-corrected chi connectivity index (χ3v) is 2.21. The van der Waals surface area contributed by atoms with Gasteiger partial charge in [-0.3, -0.25) is 0 Å². The Morgan fingerprint density at radius 2 is 2.00 bits per heavy atom. The van der Waals surface area contributed by atoms with Gasteiger partial charge in [0.1, 0.15) is 17.4 Å². The second-order valence-corrected chi connectivity index (χ2v) is 3.41. The molecule has 0 aliphatic carbocycles. The number of hydrogen-bond acceptors (Lipinski definition) is 2. The van der Waals surface area contributed by atoms with E-state index >= 15 is 0 Å². The van der Waals surface area contributed by atoms with Gasteiger partial charge in [-0.1, -0.05) is 6.07 Å². The molecule has 1 aromatic carbocycles. The zero-order valence-electron chi connectivity index (χ0n) is 8.74. The minimum Gasteiger partial charge on any atom is -0.227 e. The molecular weight excluding hydrogens is 250 g/mol. The Balaban J connectivity index is 2.67. The molecule has 2 aromatic rings. The lowest BCUT2D eigenvalue weighted by Crippen LogP contribution is -2.14. The molecule has 7 heteroatoms. The van der Waals surface area contributed by atoms with E-state index < -0.39 is 23.3 Å². The van der Waals surface area contributed by atoms with E-state index in [4.69, 9.17) is 5.26 Å². The molecule has 2 rings (SSSR count). The van der Waals surface area contributed by atoms with Gasteiger partial charge in [-0.05, 0) is 18.2 Å². The van der Waals surface area contributed by atoms with Crippen molar-refractivity contribution in [1.29, 1.82) is 5.26 Å². The highest BCUT2D eigenvalue weighted by molar-refractivity contribution is 5.41. The lowest BCUT2D eigenvalue weighted by atomic mass is 10.2. The molecule has 0 spiro atoms. The second kappa shape index (κ2) is 4.14. The fourth-order valence-electron chi connectivity index (χ4n) is 1.51. The van der Waals surface area contributed by atoms with Crippen molar-refractivity contribution in [2.24, 2.45) is 0 Å². The molecule has 0 fully saturated rings. The molecule has 0 amide bonds. The fraction of sp³-hybridized carbons (Fsp3) is 0.0909. The third kappa shape index (κ3) is 2.05. The van der Waals surface area contributed by atoms with Gasteiger partial charge in [-0.2, -0.15) is 23.5 Å². The molecule has 0 atom stereocenters. The van der Waals surface area contributed by atoms with Gasteiger partial charge in [0.05, 0.1) is 11.9 Å². The van der Waals surface area contributed by atoms with Crippen LogP contribution in [-0.4, -0.2) is 9.78 Å². The summed E-state index contributed by atoms with van der Waals surface area (Å²) in [5.74, 6) is -0.686. The predicted molar refractivity (Wildman–Crippen MR) is 53.2 cm³/mol. The highest BCUT2D eigenvalue weighted by atomic mass is 19.4. The van der Waals surface area contributed by atoms with E-state index in [0.717, 1.165) is 18.3 Å². The molecule has 0 saturated heterocycles. The van der Waals surface area contributed by atoms with Crippen molar-refractivity contribution in [2.75, 3.05) is 0 Å². The van der Waals surface area contributed by atoms with Crippen LogP contribution in [0.25, 0.3) is 5.69 Å². The zero-order chi connectivity index (χ0) is 13.3. The molecule has 0 saturated carbocycles. The smallest absolute Gasteiger partial charge is 0.227 e. The van der Waals surface area contributed by atoms with Crippen LogP contribution < -0.4 is 0 Å². The highest BCUT2D eigenvalue weighted by Gasteiger charge is 2.38. The molecule has 0 unspecified atom stereocenters. The number of benzene rings is 1. The summed E-state index contributed by atoms with van der Waals surface area (Å²) in [6, 6.07) is 5.95. The van der Waals surface area contributed by atoms with Crippen LogP contribution >= 0.6 is 0 Å². The quantitative estimate of drug-likeness (QED) is 0.735. The SMILES string of the molecule is N#Cc1cnn(-c2cccc(F)c2)c1C(F)(F)F. The fourth-order valence-corrected chi connectivity index (χ4v) is 1.51. The Kier molecular flexibility index (Phi) is 2.79. The number of rotatable bonds is 1. The molecular formula is C11H5F4N3. The van der Waals surface area contributed by atoms with Gasteiger partial charge < -0.3 is 0 Å². The number of nitriles is 1. The molecule has 92 valence electrons. The van der Waals surface area contributed by atoms with E-state index in [9.17, 15) is 17.6 Å². The molecule has 0 radical (unpaired) electrons. The van der Waals surface area contributed by atoms with Crippen molar-refractivity contribution in [1.82, 2.24) is 9.78 Å². The predicted octanol–water partition coefficient (Wildman–Crippen LogP) is 2.90. The van der Waals surface area contributed by atoms with Gasteiger partial charge in [0.15, 0.2) is 5.69 Å². The van der Waals surface area contributed by atoms with Crippen molar-refractivity contribution in [3.05, 3.63) is 47.5 Å². The third-order valence-electron chi connectivity index (χ3n) is 2.21. The van der Waals surface area contributed by atoms with Crippen LogP contribution in [0.15, 0.2) is 30.5 Å². The standard InChI is InChI=1S/C11H5F4N3/c12-8-2-1-3-9(4-8)18-10(11(13,14)15)7(5-16)6-17-18/h1-4,6H. The molecule has 0 aliphatic heterocycles. The van der Waals surface area contributed by atoms with E-state index in [0.29, 0.717) is 4.68 Å². The first-order valence-electron chi connectivity index (χ1n) is 4.74. The van der Waals surface area contributed by atoms with Gasteiger partial charge in [-0.15, -0.1) is 0 Å². The number of aromatic nitrogens is 2. The van der Waals surface area contributed by atoms with Crippen LogP contribution in [0.2, 0.25) is 0 Å². The molecule has 1 heterocycles. The average Bonchev–Trinajstić information content (AvgIpc) is 2.72. The lowest BCUT2D eigenvalue weighted by Gasteiger charge is -2.10. The van der Waals surface area contributed by atoms with Gasteiger partial charge in [0, 0.05) is 0 Å². The Labute approximate surface area is 98.9 Å². The van der Waals surface area contributed by atoms with Crippen LogP contribution in [-0.2, 0) is 6.18 Å². The van der Waals surface area contributed by atoms with Gasteiger partial charge in [0.25, 0.3) is 0 Å². The van der Waals surface area contributed by atoms with Crippen LogP contribution in [0.3, 0.4) is 0 Å². The summed E-state index contributed by atoms with van der Waals surface area (Å²) in [5, 5.41) is 12.1. The normalized spacial score (nSPS) is 11.3. The Morgan fingerprint density at radius 1 is 1.28 bits per heavy atom. The Bertz CT molecular complexity index is 622. The van der Waals surface area contributed by atoms with Crippen LogP contribution in [0.5, 0.6) is 0 Å². The minimum atomic E-state index is -4.74. The summed E-state index contributed by atoms with van der Waals surface area (Å²) in [4.78, 5) is 0. The summed E-state index contributed by atoms with van der Waals surface area (Å²) >= 11 is 0. The Morgan fingerprint density at radius 3 is 2.56 bits per heavy atom. The molecule has 0 aliphatic rings. The lowest BCUT2D eigenvalue weighted by molar-refractivity contribution is -0.143. The van der Waals surface area contributed by atoms with Crippen LogP contribution in [0.1, 0.15) is 11.3 Å². The van der Waals surface area contributed by atoms with E-state index in [1.807, 2.05) is 0 Å². The number of halogens is 4. The maximum atomic E-state index is 13.0. The van der Waals surface area contributed by atoms with Crippen molar-refractivity contribution in [3.63, 3.8) is 0 Å². The molecule has 0 N–H and O–H groups in total. The van der Waals surface area contributed by atoms with Gasteiger partial charge in [0.2, 0.25) is 0 Å². The average molecular weight is 255 g/mol. The second-order valence-electron chi connectivity index (χ2n) is 3.41. The number of nitrogens with zero attached hydrogens (tertiary/aromatic N) is 3. The summed E-state index contributed by atoms with van der Waals surface area (Å²) in [5.41, 5.74) is -1.91. The summed E-state index contributed by atoms with van der Waals surface area (Å²) in [7, 11) is 0. The van der Waals surface area contributed by atoms with Crippen LogP contribution in [0, 0.1) is 17.1 Å². The van der Waals surface area contributed by atoms with E-state index in [1.54, 1.807) is 0 Å². The first-order valence-corrected chi connectivity index (χ1v) is 4.74. The Hall–Kier alpha value is -2.36. The van der Waals surface area contributed by atoms with Crippen molar-refractivity contribution in [2.45, 2.75) is 6.18 Å². The summed E-state index contributed by atoms with van der Waals surface area (Å²) in [6.45, 7) is 0. The van der Waals surface area contributed by atoms with Crippen molar-refractivity contribution < 1.29 is 17.6 Å². The topological polar surface area (TPSA) is 41.6 Å². The maximum Gasteiger partial charge on any atom is 0.434 e. The molecule has 1 aromatic heterocycles. The molecule has 3 nitrogen and oxygen atoms in total. The number of alkyl halides is 3. The number of hydrogen-bond donors (Lipinski definition) is 0. The van der Waals surface area contributed by atoms with E-state index in [2.05, 4.69) is 5.10 Å². The summed E-state index contributed by atoms with van der Waals surface area (Å²) in [6.07, 6.45) is -3.94. The highest BCUT2D eigenvalue weighted by Crippen LogP contribution is 2.33. The van der Waals surface area contributed by atoms with Gasteiger partial charge in [-0.25, -0.2) is 9.07 Å². The van der Waals surface area contributed by atoms with Crippen molar-refractivity contribution >= 4 is 0 Å². The largest absolute Gasteiger partial charge is 0.434 e. The van der Waals surface area contributed by atoms with Crippen molar-refractivity contribution in [3.8, 4) is 11.8 Å². The maximum absolute atomic E-state index is 13.0. The first kappa shape index (κ1) is 12.1. The first-order chi connectivity index (χ1) is 8.43. The monoisotopic (exact) mass is 255 g/mol. The van der Waals surface area contributed by atoms with E-state index in [-0.39, 0.29) is 5.69 Å².